The molecule has 1 aliphatic heterocycles. The van der Waals surface area contributed by atoms with Gasteiger partial charge in [0, 0.05) is 11.5 Å². The van der Waals surface area contributed by atoms with Gasteiger partial charge in [0.2, 0.25) is 5.91 Å². The van der Waals surface area contributed by atoms with Gasteiger partial charge in [0.05, 0.1) is 17.4 Å². The van der Waals surface area contributed by atoms with Crippen LogP contribution in [0.2, 0.25) is 0 Å². The molecule has 4 heteroatoms. The summed E-state index contributed by atoms with van der Waals surface area (Å²) in [6.07, 6.45) is 7.02. The van der Waals surface area contributed by atoms with Crippen LogP contribution in [0.4, 0.5) is 5.69 Å². The van der Waals surface area contributed by atoms with Crippen molar-refractivity contribution in [3.05, 3.63) is 71.9 Å². The van der Waals surface area contributed by atoms with E-state index in [-0.39, 0.29) is 11.5 Å². The van der Waals surface area contributed by atoms with Crippen molar-refractivity contribution in [1.82, 2.24) is 4.98 Å². The minimum Gasteiger partial charge on any atom is -0.488 e. The third-order valence-corrected chi connectivity index (χ3v) is 4.75. The van der Waals surface area contributed by atoms with Gasteiger partial charge >= 0.3 is 0 Å². The fourth-order valence-electron chi connectivity index (χ4n) is 3.28. The average molecular weight is 358 g/mol. The lowest BCUT2D eigenvalue weighted by Gasteiger charge is -2.32. The molecule has 1 amide bonds. The molecule has 1 aliphatic rings. The number of rotatable bonds is 3. The number of hydrogen-bond donors (Lipinski definition) is 1. The summed E-state index contributed by atoms with van der Waals surface area (Å²) in [4.78, 5) is 16.6. The number of hydrogen-bond acceptors (Lipinski definition) is 3. The van der Waals surface area contributed by atoms with Crippen LogP contribution in [0.1, 0.15) is 31.4 Å². The van der Waals surface area contributed by atoms with E-state index in [1.165, 1.54) is 5.56 Å². The van der Waals surface area contributed by atoms with E-state index >= 15 is 0 Å². The Morgan fingerprint density at radius 1 is 1.19 bits per heavy atom. The molecule has 0 fully saturated rings. The molecule has 0 saturated heterocycles. The van der Waals surface area contributed by atoms with Crippen LogP contribution in [-0.2, 0) is 11.2 Å². The van der Waals surface area contributed by atoms with Gasteiger partial charge in [-0.3, -0.25) is 9.78 Å². The fourth-order valence-corrected chi connectivity index (χ4v) is 3.28. The van der Waals surface area contributed by atoms with Crippen LogP contribution in [0, 0.1) is 0 Å². The zero-order valence-electron chi connectivity index (χ0n) is 15.5. The molecule has 1 aromatic heterocycles. The number of aromatic nitrogens is 1. The summed E-state index contributed by atoms with van der Waals surface area (Å²) in [6, 6.07) is 15.8. The number of amides is 1. The van der Waals surface area contributed by atoms with Gasteiger partial charge < -0.3 is 10.1 Å². The van der Waals surface area contributed by atoms with Crippen LogP contribution in [0.15, 0.2) is 60.8 Å². The van der Waals surface area contributed by atoms with E-state index < -0.39 is 0 Å². The van der Waals surface area contributed by atoms with Crippen LogP contribution in [0.25, 0.3) is 17.0 Å². The fraction of sp³-hybridized carbons (Fsp3) is 0.217. The first-order chi connectivity index (χ1) is 13.0. The zero-order valence-corrected chi connectivity index (χ0v) is 15.5. The third-order valence-electron chi connectivity index (χ3n) is 4.75. The predicted molar refractivity (Wildman–Crippen MR) is 109 cm³/mol. The number of pyridine rings is 1. The minimum absolute atomic E-state index is 0.113. The maximum Gasteiger partial charge on any atom is 0.248 e. The van der Waals surface area contributed by atoms with Gasteiger partial charge in [-0.2, -0.15) is 0 Å². The van der Waals surface area contributed by atoms with E-state index in [4.69, 9.17) is 4.74 Å². The normalized spacial score (nSPS) is 15.3. The van der Waals surface area contributed by atoms with E-state index in [1.54, 1.807) is 12.3 Å². The molecule has 27 heavy (non-hydrogen) atoms. The molecule has 4 rings (SSSR count). The van der Waals surface area contributed by atoms with Crippen molar-refractivity contribution in [2.24, 2.45) is 0 Å². The largest absolute Gasteiger partial charge is 0.488 e. The van der Waals surface area contributed by atoms with Crippen molar-refractivity contribution in [3.8, 4) is 5.75 Å². The summed E-state index contributed by atoms with van der Waals surface area (Å²) < 4.78 is 6.00. The van der Waals surface area contributed by atoms with Gasteiger partial charge in [-0.15, -0.1) is 0 Å². The van der Waals surface area contributed by atoms with E-state index in [0.717, 1.165) is 35.1 Å². The number of anilines is 1. The predicted octanol–water partition coefficient (Wildman–Crippen LogP) is 4.99. The number of aryl methyl sites for hydroxylation is 1. The van der Waals surface area contributed by atoms with Crippen LogP contribution < -0.4 is 10.1 Å². The summed E-state index contributed by atoms with van der Waals surface area (Å²) in [6.45, 7) is 4.21. The molecule has 136 valence electrons. The SMILES string of the molecule is CC1(C)CCc2cc(/C=C/C(=O)Nc3cnc4ccccc4c3)ccc2O1. The van der Waals surface area contributed by atoms with Crippen LogP contribution in [-0.4, -0.2) is 16.5 Å². The maximum absolute atomic E-state index is 12.2. The molecule has 0 aliphatic carbocycles. The topological polar surface area (TPSA) is 51.2 Å². The maximum atomic E-state index is 12.2. The van der Waals surface area contributed by atoms with Crippen molar-refractivity contribution < 1.29 is 9.53 Å². The van der Waals surface area contributed by atoms with E-state index in [2.05, 4.69) is 30.2 Å². The summed E-state index contributed by atoms with van der Waals surface area (Å²) in [5.74, 6) is 0.761. The second-order valence-electron chi connectivity index (χ2n) is 7.47. The Balaban J connectivity index is 1.45. The van der Waals surface area contributed by atoms with Crippen molar-refractivity contribution in [2.75, 3.05) is 5.32 Å². The standard InChI is InChI=1S/C23H22N2O2/c1-23(2)12-11-18-13-16(7-9-21(18)27-23)8-10-22(26)25-19-14-17-5-3-4-6-20(17)24-15-19/h3-10,13-15H,11-12H2,1-2H3,(H,25,26)/b10-8+. The van der Waals surface area contributed by atoms with Crippen molar-refractivity contribution in [3.63, 3.8) is 0 Å². The Labute approximate surface area is 158 Å². The lowest BCUT2D eigenvalue weighted by molar-refractivity contribution is -0.111. The molecule has 0 radical (unpaired) electrons. The van der Waals surface area contributed by atoms with Crippen molar-refractivity contribution >= 4 is 28.6 Å². The molecule has 0 saturated carbocycles. The van der Waals surface area contributed by atoms with Crippen LogP contribution in [0.5, 0.6) is 5.75 Å². The Bertz CT molecular complexity index is 1040. The molecule has 0 bridgehead atoms. The zero-order chi connectivity index (χ0) is 18.9. The summed E-state index contributed by atoms with van der Waals surface area (Å²) >= 11 is 0. The van der Waals surface area contributed by atoms with Gasteiger partial charge in [-0.1, -0.05) is 24.3 Å². The molecule has 0 atom stereocenters. The number of ether oxygens (including phenoxy) is 1. The highest BCUT2D eigenvalue weighted by Crippen LogP contribution is 2.33. The van der Waals surface area contributed by atoms with E-state index in [1.807, 2.05) is 48.5 Å². The number of fused-ring (bicyclic) bond motifs is 2. The van der Waals surface area contributed by atoms with E-state index in [9.17, 15) is 4.79 Å². The van der Waals surface area contributed by atoms with Crippen molar-refractivity contribution in [1.29, 1.82) is 0 Å². The summed E-state index contributed by atoms with van der Waals surface area (Å²) in [7, 11) is 0. The molecular weight excluding hydrogens is 336 g/mol. The van der Waals surface area contributed by atoms with Gasteiger partial charge in [0.1, 0.15) is 11.4 Å². The lowest BCUT2D eigenvalue weighted by atomic mass is 9.93. The number of para-hydroxylation sites is 1. The van der Waals surface area contributed by atoms with E-state index in [0.29, 0.717) is 5.69 Å². The first kappa shape index (κ1) is 17.3. The number of nitrogens with one attached hydrogen (secondary N) is 1. The van der Waals surface area contributed by atoms with Crippen LogP contribution in [0.3, 0.4) is 0 Å². The smallest absolute Gasteiger partial charge is 0.248 e. The number of carbonyl (C=O) groups excluding carboxylic acids is 1. The van der Waals surface area contributed by atoms with Gasteiger partial charge in [-0.05, 0) is 68.2 Å². The Morgan fingerprint density at radius 2 is 2.04 bits per heavy atom. The minimum atomic E-state index is -0.179. The first-order valence-corrected chi connectivity index (χ1v) is 9.14. The first-order valence-electron chi connectivity index (χ1n) is 9.14. The van der Waals surface area contributed by atoms with Gasteiger partial charge in [0.15, 0.2) is 0 Å². The Morgan fingerprint density at radius 3 is 2.93 bits per heavy atom. The van der Waals surface area contributed by atoms with Gasteiger partial charge in [-0.25, -0.2) is 0 Å². The molecule has 3 aromatic rings. The number of benzene rings is 2. The summed E-state index contributed by atoms with van der Waals surface area (Å²) in [5, 5.41) is 3.86. The molecule has 1 N–H and O–H groups in total. The Hall–Kier alpha value is -3.14. The lowest BCUT2D eigenvalue weighted by Crippen LogP contribution is -2.32. The molecular formula is C23H22N2O2. The molecule has 2 aromatic carbocycles. The molecule has 0 spiro atoms. The second kappa shape index (κ2) is 6.88. The highest BCUT2D eigenvalue weighted by Gasteiger charge is 2.26. The quantitative estimate of drug-likeness (QED) is 0.671. The van der Waals surface area contributed by atoms with Crippen molar-refractivity contribution in [2.45, 2.75) is 32.3 Å². The summed E-state index contributed by atoms with van der Waals surface area (Å²) in [5.41, 5.74) is 3.66. The van der Waals surface area contributed by atoms with Crippen LogP contribution >= 0.6 is 0 Å². The highest BCUT2D eigenvalue weighted by atomic mass is 16.5. The number of carbonyl (C=O) groups is 1. The monoisotopic (exact) mass is 358 g/mol. The number of nitrogens with zero attached hydrogens (tertiary/aromatic N) is 1. The molecule has 0 unspecified atom stereocenters. The highest BCUT2D eigenvalue weighted by molar-refractivity contribution is 6.02. The third kappa shape index (κ3) is 4.00. The molecule has 4 nitrogen and oxygen atoms in total. The van der Waals surface area contributed by atoms with Gasteiger partial charge in [0.25, 0.3) is 0 Å². The Kier molecular flexibility index (Phi) is 4.40. The average Bonchev–Trinajstić information content (AvgIpc) is 2.65. The molecule has 2 heterocycles. The second-order valence-corrected chi connectivity index (χ2v) is 7.47.